The summed E-state index contributed by atoms with van der Waals surface area (Å²) in [5, 5.41) is 7.44. The summed E-state index contributed by atoms with van der Waals surface area (Å²) in [5.41, 5.74) is 0.176. The van der Waals surface area contributed by atoms with Crippen LogP contribution in [-0.2, 0) is 12.7 Å². The molecule has 1 aromatic carbocycles. The number of benzene rings is 1. The van der Waals surface area contributed by atoms with Crippen LogP contribution in [0.4, 0.5) is 13.2 Å². The fourth-order valence-corrected chi connectivity index (χ4v) is 2.78. The number of nitrogens with zero attached hydrogens (tertiary/aromatic N) is 2. The second kappa shape index (κ2) is 9.42. The third-order valence-corrected chi connectivity index (χ3v) is 4.14. The number of aliphatic imine (C=N–C) groups is 1. The van der Waals surface area contributed by atoms with Gasteiger partial charge in [0.2, 0.25) is 0 Å². The summed E-state index contributed by atoms with van der Waals surface area (Å²) < 4.78 is 43.4. The van der Waals surface area contributed by atoms with Gasteiger partial charge < -0.3 is 15.4 Å². The van der Waals surface area contributed by atoms with Gasteiger partial charge in [-0.2, -0.15) is 13.2 Å². The molecular weight excluding hydrogens is 365 g/mol. The van der Waals surface area contributed by atoms with Gasteiger partial charge in [-0.3, -0.25) is 0 Å². The molecule has 0 radical (unpaired) electrons. The van der Waals surface area contributed by atoms with Crippen LogP contribution in [-0.4, -0.2) is 30.6 Å². The molecule has 0 saturated carbocycles. The van der Waals surface area contributed by atoms with E-state index < -0.39 is 11.9 Å². The predicted octanol–water partition coefficient (Wildman–Crippen LogP) is 3.60. The lowest BCUT2D eigenvalue weighted by Gasteiger charge is -2.12. The highest BCUT2D eigenvalue weighted by atomic mass is 32.1. The smallest absolute Gasteiger partial charge is 0.434 e. The van der Waals surface area contributed by atoms with Crippen molar-refractivity contribution in [3.05, 3.63) is 45.9 Å². The Morgan fingerprint density at radius 3 is 2.69 bits per heavy atom. The highest BCUT2D eigenvalue weighted by Gasteiger charge is 2.33. The zero-order valence-corrected chi connectivity index (χ0v) is 15.4. The molecule has 2 N–H and O–H groups in total. The summed E-state index contributed by atoms with van der Waals surface area (Å²) in [4.78, 5) is 7.83. The largest absolute Gasteiger partial charge is 0.491 e. The van der Waals surface area contributed by atoms with Gasteiger partial charge in [0.05, 0.1) is 13.1 Å². The number of para-hydroxylation sites is 1. The Balaban J connectivity index is 1.84. The van der Waals surface area contributed by atoms with Crippen molar-refractivity contribution < 1.29 is 17.9 Å². The molecule has 26 heavy (non-hydrogen) atoms. The maximum Gasteiger partial charge on any atom is 0.434 e. The second-order valence-electron chi connectivity index (χ2n) is 5.36. The molecule has 0 unspecified atom stereocenters. The molecule has 0 spiro atoms. The first-order valence-corrected chi connectivity index (χ1v) is 9.00. The van der Waals surface area contributed by atoms with E-state index in [4.69, 9.17) is 4.74 Å². The third kappa shape index (κ3) is 6.21. The number of hydrogen-bond acceptors (Lipinski definition) is 4. The number of nitrogens with one attached hydrogen (secondary N) is 2. The van der Waals surface area contributed by atoms with Crippen LogP contribution in [0.15, 0.2) is 34.6 Å². The lowest BCUT2D eigenvalue weighted by molar-refractivity contribution is -0.140. The average molecular weight is 386 g/mol. The molecule has 2 aromatic rings. The van der Waals surface area contributed by atoms with Crippen LogP contribution in [0.3, 0.4) is 0 Å². The molecule has 0 bridgehead atoms. The molecule has 2 rings (SSSR count). The number of hydrogen-bond donors (Lipinski definition) is 2. The minimum atomic E-state index is -4.42. The lowest BCUT2D eigenvalue weighted by atomic mass is 10.2. The average Bonchev–Trinajstić information content (AvgIpc) is 3.07. The van der Waals surface area contributed by atoms with E-state index in [9.17, 15) is 13.2 Å². The molecule has 9 heteroatoms. The van der Waals surface area contributed by atoms with Crippen molar-refractivity contribution in [1.82, 2.24) is 15.6 Å². The molecule has 142 valence electrons. The Kier molecular flexibility index (Phi) is 7.26. The van der Waals surface area contributed by atoms with Gasteiger partial charge in [-0.05, 0) is 25.5 Å². The van der Waals surface area contributed by atoms with Gasteiger partial charge in [0.1, 0.15) is 17.4 Å². The zero-order valence-electron chi connectivity index (χ0n) is 14.6. The van der Waals surface area contributed by atoms with Crippen LogP contribution >= 0.6 is 11.3 Å². The van der Waals surface area contributed by atoms with Crippen molar-refractivity contribution in [2.45, 2.75) is 26.6 Å². The van der Waals surface area contributed by atoms with Gasteiger partial charge in [-0.25, -0.2) is 9.98 Å². The summed E-state index contributed by atoms with van der Waals surface area (Å²) in [6, 6.07) is 7.72. The molecule has 0 fully saturated rings. The van der Waals surface area contributed by atoms with Gasteiger partial charge in [-0.15, -0.1) is 11.3 Å². The quantitative estimate of drug-likeness (QED) is 0.434. The van der Waals surface area contributed by atoms with E-state index in [1.165, 1.54) is 0 Å². The number of ether oxygens (including phenoxy) is 1. The third-order valence-electron chi connectivity index (χ3n) is 3.30. The highest BCUT2D eigenvalue weighted by molar-refractivity contribution is 7.09. The first-order chi connectivity index (χ1) is 12.4. The molecule has 0 aliphatic carbocycles. The first-order valence-electron chi connectivity index (χ1n) is 8.12. The van der Waals surface area contributed by atoms with Crippen LogP contribution in [0, 0.1) is 6.92 Å². The van der Waals surface area contributed by atoms with E-state index in [1.54, 1.807) is 0 Å². The van der Waals surface area contributed by atoms with Gasteiger partial charge in [0, 0.05) is 11.9 Å². The van der Waals surface area contributed by atoms with Gasteiger partial charge in [-0.1, -0.05) is 18.2 Å². The van der Waals surface area contributed by atoms with Crippen molar-refractivity contribution in [3.8, 4) is 5.75 Å². The van der Waals surface area contributed by atoms with Crippen LogP contribution in [0.25, 0.3) is 0 Å². The number of aryl methyl sites for hydroxylation is 1. The summed E-state index contributed by atoms with van der Waals surface area (Å²) in [6.45, 7) is 5.53. The molecule has 1 aromatic heterocycles. The van der Waals surface area contributed by atoms with E-state index >= 15 is 0 Å². The van der Waals surface area contributed by atoms with Crippen molar-refractivity contribution >= 4 is 17.3 Å². The number of aromatic nitrogens is 1. The highest BCUT2D eigenvalue weighted by Crippen LogP contribution is 2.30. The molecule has 0 aliphatic heterocycles. The number of thiazole rings is 1. The summed E-state index contributed by atoms with van der Waals surface area (Å²) in [5.74, 6) is 1.32. The lowest BCUT2D eigenvalue weighted by Crippen LogP contribution is -2.39. The molecular formula is C17H21F3N4OS. The molecule has 0 saturated heterocycles. The Morgan fingerprint density at radius 1 is 1.27 bits per heavy atom. The van der Waals surface area contributed by atoms with Crippen LogP contribution in [0.2, 0.25) is 0 Å². The molecule has 0 aliphatic rings. The van der Waals surface area contributed by atoms with Crippen LogP contribution in [0.5, 0.6) is 5.75 Å². The van der Waals surface area contributed by atoms with E-state index in [0.29, 0.717) is 30.7 Å². The maximum atomic E-state index is 12.6. The van der Waals surface area contributed by atoms with E-state index in [1.807, 2.05) is 38.1 Å². The Hall–Kier alpha value is -2.29. The minimum Gasteiger partial charge on any atom is -0.491 e. The van der Waals surface area contributed by atoms with Crippen LogP contribution in [0.1, 0.15) is 23.2 Å². The predicted molar refractivity (Wildman–Crippen MR) is 96.6 cm³/mol. The van der Waals surface area contributed by atoms with Gasteiger partial charge in [0.25, 0.3) is 0 Å². The van der Waals surface area contributed by atoms with E-state index in [2.05, 4.69) is 20.6 Å². The van der Waals surface area contributed by atoms with Gasteiger partial charge in [0.15, 0.2) is 11.7 Å². The van der Waals surface area contributed by atoms with Crippen LogP contribution < -0.4 is 15.4 Å². The molecule has 0 amide bonds. The minimum absolute atomic E-state index is 0.0781. The topological polar surface area (TPSA) is 58.5 Å². The summed E-state index contributed by atoms with van der Waals surface area (Å²) in [6.07, 6.45) is -4.42. The van der Waals surface area contributed by atoms with Crippen molar-refractivity contribution in [2.75, 3.05) is 19.7 Å². The van der Waals surface area contributed by atoms with Crippen molar-refractivity contribution in [3.63, 3.8) is 0 Å². The fraction of sp³-hybridized carbons (Fsp3) is 0.412. The first kappa shape index (κ1) is 20.0. The Morgan fingerprint density at radius 2 is 2.04 bits per heavy atom. The number of halogens is 3. The summed E-state index contributed by atoms with van der Waals surface area (Å²) in [7, 11) is 0. The summed E-state index contributed by atoms with van der Waals surface area (Å²) >= 11 is 0.945. The van der Waals surface area contributed by atoms with Gasteiger partial charge >= 0.3 is 6.18 Å². The SMILES string of the molecule is CCNC(=NCc1nc(C(F)(F)F)cs1)NCCOc1ccccc1C. The fourth-order valence-electron chi connectivity index (χ4n) is 2.05. The van der Waals surface area contributed by atoms with E-state index in [-0.39, 0.29) is 6.54 Å². The maximum absolute atomic E-state index is 12.6. The number of guanidine groups is 1. The van der Waals surface area contributed by atoms with E-state index in [0.717, 1.165) is 28.0 Å². The zero-order chi connectivity index (χ0) is 19.0. The van der Waals surface area contributed by atoms with Crippen molar-refractivity contribution in [1.29, 1.82) is 0 Å². The monoisotopic (exact) mass is 386 g/mol. The molecule has 5 nitrogen and oxygen atoms in total. The van der Waals surface area contributed by atoms with Crippen molar-refractivity contribution in [2.24, 2.45) is 4.99 Å². The Labute approximate surface area is 154 Å². The molecule has 0 atom stereocenters. The standard InChI is InChI=1S/C17H21F3N4OS/c1-3-21-16(22-8-9-25-13-7-5-4-6-12(13)2)23-10-15-24-14(11-26-15)17(18,19)20/h4-7,11H,3,8-10H2,1-2H3,(H2,21,22,23). The second-order valence-corrected chi connectivity index (χ2v) is 6.30. The number of rotatable bonds is 7. The Bertz CT molecular complexity index is 731. The molecule has 1 heterocycles. The number of alkyl halides is 3. The normalized spacial score (nSPS) is 12.1.